The van der Waals surface area contributed by atoms with E-state index in [9.17, 15) is 4.79 Å². The van der Waals surface area contributed by atoms with Crippen LogP contribution in [-0.2, 0) is 4.79 Å². The highest BCUT2D eigenvalue weighted by atomic mass is 16.5. The van der Waals surface area contributed by atoms with Gasteiger partial charge in [-0.3, -0.25) is 4.79 Å². The minimum Gasteiger partial charge on any atom is -0.497 e. The van der Waals surface area contributed by atoms with Crippen LogP contribution in [0.1, 0.15) is 14.4 Å². The van der Waals surface area contributed by atoms with Gasteiger partial charge >= 0.3 is 0 Å². The van der Waals surface area contributed by atoms with Crippen LogP contribution in [0.3, 0.4) is 0 Å². The van der Waals surface area contributed by atoms with Crippen molar-refractivity contribution in [2.45, 2.75) is 14.4 Å². The first-order chi connectivity index (χ1) is 5.72. The van der Waals surface area contributed by atoms with E-state index >= 15 is 0 Å². The highest BCUT2D eigenvalue weighted by Gasteiger charge is 1.95. The van der Waals surface area contributed by atoms with E-state index in [1.54, 1.807) is 13.2 Å². The van der Waals surface area contributed by atoms with Crippen LogP contribution in [0.4, 0.5) is 5.69 Å². The summed E-state index contributed by atoms with van der Waals surface area (Å²) in [6.45, 7) is 1.47. The molecule has 3 heteroatoms. The molecule has 72 valence electrons. The molecular weight excluding hydrogens is 166 g/mol. The van der Waals surface area contributed by atoms with Crippen molar-refractivity contribution in [3.05, 3.63) is 24.3 Å². The Kier molecular flexibility index (Phi) is 4.59. The molecule has 0 atom stereocenters. The molecule has 1 N–H and O–H groups in total. The number of amides is 1. The van der Waals surface area contributed by atoms with Gasteiger partial charge in [0.05, 0.1) is 7.11 Å². The predicted octanol–water partition coefficient (Wildman–Crippen LogP) is 2.29. The zero-order valence-electron chi connectivity index (χ0n) is 7.13. The van der Waals surface area contributed by atoms with Crippen LogP contribution >= 0.6 is 0 Å². The summed E-state index contributed by atoms with van der Waals surface area (Å²) >= 11 is 0. The van der Waals surface area contributed by atoms with Crippen LogP contribution in [0, 0.1) is 0 Å². The minimum absolute atomic E-state index is 0. The maximum atomic E-state index is 10.7. The number of carbonyl (C=O) groups excluding carboxylic acids is 1. The highest BCUT2D eigenvalue weighted by molar-refractivity contribution is 5.88. The van der Waals surface area contributed by atoms with E-state index in [2.05, 4.69) is 5.32 Å². The molecule has 1 rings (SSSR count). The normalized spacial score (nSPS) is 8.46. The largest absolute Gasteiger partial charge is 0.497 e. The number of carbonyl (C=O) groups is 1. The number of anilines is 1. The van der Waals surface area contributed by atoms with Crippen molar-refractivity contribution in [1.82, 2.24) is 0 Å². The van der Waals surface area contributed by atoms with Crippen molar-refractivity contribution in [3.8, 4) is 5.75 Å². The molecular formula is C10H15NO2. The molecule has 0 aromatic heterocycles. The SMILES string of the molecule is C.COc1cccc(NC(C)=O)c1. The fraction of sp³-hybridized carbons (Fsp3) is 0.300. The Morgan fingerprint density at radius 2 is 2.15 bits per heavy atom. The van der Waals surface area contributed by atoms with Crippen molar-refractivity contribution in [1.29, 1.82) is 0 Å². The third-order valence-electron chi connectivity index (χ3n) is 1.39. The summed E-state index contributed by atoms with van der Waals surface area (Å²) < 4.78 is 4.99. The van der Waals surface area contributed by atoms with Gasteiger partial charge in [0.2, 0.25) is 5.91 Å². The lowest BCUT2D eigenvalue weighted by atomic mass is 10.3. The van der Waals surface area contributed by atoms with E-state index < -0.39 is 0 Å². The monoisotopic (exact) mass is 181 g/mol. The molecule has 1 amide bonds. The number of hydrogen-bond acceptors (Lipinski definition) is 2. The Bertz CT molecular complexity index is 284. The molecule has 1 aromatic carbocycles. The third-order valence-corrected chi connectivity index (χ3v) is 1.39. The Balaban J connectivity index is 0.00000144. The van der Waals surface area contributed by atoms with Crippen molar-refractivity contribution in [3.63, 3.8) is 0 Å². The lowest BCUT2D eigenvalue weighted by Gasteiger charge is -2.03. The molecule has 0 unspecified atom stereocenters. The first-order valence-electron chi connectivity index (χ1n) is 3.64. The summed E-state index contributed by atoms with van der Waals surface area (Å²) in [6.07, 6.45) is 0. The maximum Gasteiger partial charge on any atom is 0.221 e. The van der Waals surface area contributed by atoms with E-state index in [0.717, 1.165) is 11.4 Å². The number of benzene rings is 1. The molecule has 0 aliphatic heterocycles. The molecule has 0 saturated heterocycles. The van der Waals surface area contributed by atoms with E-state index in [0.29, 0.717) is 0 Å². The zero-order valence-corrected chi connectivity index (χ0v) is 7.13. The molecule has 0 aliphatic carbocycles. The van der Waals surface area contributed by atoms with Crippen LogP contribution in [-0.4, -0.2) is 13.0 Å². The van der Waals surface area contributed by atoms with Crippen molar-refractivity contribution in [2.75, 3.05) is 12.4 Å². The van der Waals surface area contributed by atoms with Gasteiger partial charge in [0, 0.05) is 18.7 Å². The molecule has 0 spiro atoms. The van der Waals surface area contributed by atoms with Crippen LogP contribution < -0.4 is 10.1 Å². The van der Waals surface area contributed by atoms with Gasteiger partial charge in [0.25, 0.3) is 0 Å². The van der Waals surface area contributed by atoms with E-state index in [-0.39, 0.29) is 13.3 Å². The van der Waals surface area contributed by atoms with Gasteiger partial charge in [0.1, 0.15) is 5.75 Å². The minimum atomic E-state index is -0.0803. The van der Waals surface area contributed by atoms with Gasteiger partial charge in [-0.2, -0.15) is 0 Å². The van der Waals surface area contributed by atoms with E-state index in [1.807, 2.05) is 18.2 Å². The Hall–Kier alpha value is -1.51. The molecule has 0 aliphatic rings. The topological polar surface area (TPSA) is 38.3 Å². The van der Waals surface area contributed by atoms with Crippen LogP contribution in [0.25, 0.3) is 0 Å². The number of ether oxygens (including phenoxy) is 1. The summed E-state index contributed by atoms with van der Waals surface area (Å²) in [6, 6.07) is 7.22. The molecule has 0 saturated carbocycles. The summed E-state index contributed by atoms with van der Waals surface area (Å²) in [5, 5.41) is 2.66. The summed E-state index contributed by atoms with van der Waals surface area (Å²) in [5.41, 5.74) is 0.752. The number of nitrogens with one attached hydrogen (secondary N) is 1. The molecule has 0 bridgehead atoms. The number of hydrogen-bond donors (Lipinski definition) is 1. The van der Waals surface area contributed by atoms with E-state index in [1.165, 1.54) is 6.92 Å². The Morgan fingerprint density at radius 3 is 2.69 bits per heavy atom. The van der Waals surface area contributed by atoms with Gasteiger partial charge in [-0.05, 0) is 12.1 Å². The van der Waals surface area contributed by atoms with Gasteiger partial charge in [-0.25, -0.2) is 0 Å². The van der Waals surface area contributed by atoms with Crippen molar-refractivity contribution < 1.29 is 9.53 Å². The lowest BCUT2D eigenvalue weighted by molar-refractivity contribution is -0.114. The fourth-order valence-electron chi connectivity index (χ4n) is 0.904. The van der Waals surface area contributed by atoms with Crippen molar-refractivity contribution in [2.24, 2.45) is 0 Å². The zero-order chi connectivity index (χ0) is 8.97. The van der Waals surface area contributed by atoms with Gasteiger partial charge < -0.3 is 10.1 Å². The summed E-state index contributed by atoms with van der Waals surface area (Å²) in [4.78, 5) is 10.7. The first-order valence-corrected chi connectivity index (χ1v) is 3.64. The van der Waals surface area contributed by atoms with E-state index in [4.69, 9.17) is 4.74 Å². The molecule has 0 heterocycles. The molecule has 13 heavy (non-hydrogen) atoms. The van der Waals surface area contributed by atoms with Crippen LogP contribution in [0.15, 0.2) is 24.3 Å². The highest BCUT2D eigenvalue weighted by Crippen LogP contribution is 2.16. The fourth-order valence-corrected chi connectivity index (χ4v) is 0.904. The lowest BCUT2D eigenvalue weighted by Crippen LogP contribution is -2.05. The Labute approximate surface area is 78.7 Å². The van der Waals surface area contributed by atoms with Crippen molar-refractivity contribution >= 4 is 11.6 Å². The molecule has 0 radical (unpaired) electrons. The van der Waals surface area contributed by atoms with Gasteiger partial charge in [-0.15, -0.1) is 0 Å². The standard InChI is InChI=1S/C9H11NO2.CH4/c1-7(11)10-8-4-3-5-9(6-8)12-2;/h3-6H,1-2H3,(H,10,11);1H4. The van der Waals surface area contributed by atoms with Gasteiger partial charge in [-0.1, -0.05) is 13.5 Å². The Morgan fingerprint density at radius 1 is 1.46 bits per heavy atom. The van der Waals surface area contributed by atoms with Crippen LogP contribution in [0.2, 0.25) is 0 Å². The second kappa shape index (κ2) is 5.19. The maximum absolute atomic E-state index is 10.7. The van der Waals surface area contributed by atoms with Gasteiger partial charge in [0.15, 0.2) is 0 Å². The average molecular weight is 181 g/mol. The summed E-state index contributed by atoms with van der Waals surface area (Å²) in [5.74, 6) is 0.657. The first kappa shape index (κ1) is 11.5. The molecule has 1 aromatic rings. The quantitative estimate of drug-likeness (QED) is 0.760. The number of methoxy groups -OCH3 is 1. The third kappa shape index (κ3) is 3.60. The molecule has 3 nitrogen and oxygen atoms in total. The smallest absolute Gasteiger partial charge is 0.221 e. The van der Waals surface area contributed by atoms with Crippen LogP contribution in [0.5, 0.6) is 5.75 Å². The predicted molar refractivity (Wildman–Crippen MR) is 54.0 cm³/mol. The average Bonchev–Trinajstić information content (AvgIpc) is 2.03. The second-order valence-electron chi connectivity index (χ2n) is 2.41. The second-order valence-corrected chi connectivity index (χ2v) is 2.41. The number of rotatable bonds is 2. The summed E-state index contributed by atoms with van der Waals surface area (Å²) in [7, 11) is 1.59. The molecule has 0 fully saturated rings.